The van der Waals surface area contributed by atoms with Gasteiger partial charge < -0.3 is 15.0 Å². The van der Waals surface area contributed by atoms with Crippen LogP contribution in [-0.2, 0) is 0 Å². The van der Waals surface area contributed by atoms with Gasteiger partial charge in [-0.25, -0.2) is 0 Å². The number of halogens is 2. The molecule has 1 aliphatic heterocycles. The molecule has 0 aromatic heterocycles. The minimum atomic E-state index is -2.76. The van der Waals surface area contributed by atoms with Crippen LogP contribution in [0.4, 0.5) is 14.5 Å². The van der Waals surface area contributed by atoms with Crippen LogP contribution in [0.25, 0.3) is 0 Å². The Morgan fingerprint density at radius 1 is 1.39 bits per heavy atom. The van der Waals surface area contributed by atoms with Crippen molar-refractivity contribution >= 4 is 5.69 Å². The van der Waals surface area contributed by atoms with E-state index in [-0.39, 0.29) is 5.75 Å². The summed E-state index contributed by atoms with van der Waals surface area (Å²) >= 11 is 0. The molecule has 1 unspecified atom stereocenters. The molecule has 0 radical (unpaired) electrons. The van der Waals surface area contributed by atoms with Crippen LogP contribution < -0.4 is 15.0 Å². The summed E-state index contributed by atoms with van der Waals surface area (Å²) in [6, 6.07) is 6.85. The fraction of sp³-hybridized carbons (Fsp3) is 0.538. The van der Waals surface area contributed by atoms with E-state index < -0.39 is 6.61 Å². The lowest BCUT2D eigenvalue weighted by Gasteiger charge is -2.19. The molecule has 1 saturated heterocycles. The molecule has 1 aromatic rings. The van der Waals surface area contributed by atoms with E-state index in [4.69, 9.17) is 0 Å². The van der Waals surface area contributed by atoms with Gasteiger partial charge in [-0.15, -0.1) is 0 Å². The Hall–Kier alpha value is -1.36. The largest absolute Gasteiger partial charge is 0.435 e. The van der Waals surface area contributed by atoms with E-state index in [2.05, 4.69) is 15.0 Å². The Labute approximate surface area is 106 Å². The van der Waals surface area contributed by atoms with Gasteiger partial charge in [0.05, 0.1) is 0 Å². The lowest BCUT2D eigenvalue weighted by atomic mass is 10.1. The minimum Gasteiger partial charge on any atom is -0.435 e. The monoisotopic (exact) mass is 256 g/mol. The second-order valence-corrected chi connectivity index (χ2v) is 4.53. The number of rotatable bonds is 5. The second kappa shape index (κ2) is 6.00. The molecule has 3 nitrogen and oxygen atoms in total. The predicted octanol–water partition coefficient (Wildman–Crippen LogP) is 2.33. The summed E-state index contributed by atoms with van der Waals surface area (Å²) < 4.78 is 28.4. The van der Waals surface area contributed by atoms with Gasteiger partial charge in [0.15, 0.2) is 0 Å². The predicted molar refractivity (Wildman–Crippen MR) is 67.3 cm³/mol. The zero-order chi connectivity index (χ0) is 13.0. The minimum absolute atomic E-state index is 0.208. The molecule has 5 heteroatoms. The van der Waals surface area contributed by atoms with E-state index in [9.17, 15) is 8.78 Å². The lowest BCUT2D eigenvalue weighted by Crippen LogP contribution is -2.24. The van der Waals surface area contributed by atoms with Gasteiger partial charge in [-0.1, -0.05) is 0 Å². The fourth-order valence-corrected chi connectivity index (χ4v) is 2.36. The highest BCUT2D eigenvalue weighted by Crippen LogP contribution is 2.25. The number of hydrogen-bond acceptors (Lipinski definition) is 3. The third kappa shape index (κ3) is 3.32. The first-order chi connectivity index (χ1) is 8.69. The summed E-state index contributed by atoms with van der Waals surface area (Å²) in [6.45, 7) is 0.281. The molecule has 1 atom stereocenters. The van der Waals surface area contributed by atoms with Gasteiger partial charge in [-0.3, -0.25) is 0 Å². The molecule has 1 fully saturated rings. The Bertz CT molecular complexity index is 370. The van der Waals surface area contributed by atoms with Crippen LogP contribution in [0, 0.1) is 5.92 Å². The van der Waals surface area contributed by atoms with Crippen LogP contribution in [0.3, 0.4) is 0 Å². The topological polar surface area (TPSA) is 24.5 Å². The van der Waals surface area contributed by atoms with Gasteiger partial charge in [-0.05, 0) is 50.2 Å². The zero-order valence-corrected chi connectivity index (χ0v) is 10.4. The first-order valence-electron chi connectivity index (χ1n) is 6.13. The fourth-order valence-electron chi connectivity index (χ4n) is 2.36. The third-order valence-electron chi connectivity index (χ3n) is 3.21. The number of alkyl halides is 2. The van der Waals surface area contributed by atoms with E-state index in [0.717, 1.165) is 31.7 Å². The molecule has 0 bridgehead atoms. The Morgan fingerprint density at radius 2 is 2.11 bits per heavy atom. The quantitative estimate of drug-likeness (QED) is 0.875. The molecule has 1 heterocycles. The number of anilines is 1. The standard InChI is InChI=1S/C13H18F2N2O/c1-16-8-10-6-7-17(9-10)11-2-4-12(5-3-11)18-13(14)15/h2-5,10,13,16H,6-9H2,1H3. The summed E-state index contributed by atoms with van der Waals surface area (Å²) in [7, 11) is 1.96. The third-order valence-corrected chi connectivity index (χ3v) is 3.21. The van der Waals surface area contributed by atoms with Crippen LogP contribution in [0.1, 0.15) is 6.42 Å². The maximum absolute atomic E-state index is 12.0. The molecule has 2 rings (SSSR count). The smallest absolute Gasteiger partial charge is 0.387 e. The van der Waals surface area contributed by atoms with Crippen molar-refractivity contribution in [3.63, 3.8) is 0 Å². The van der Waals surface area contributed by atoms with Gasteiger partial charge in [0, 0.05) is 18.8 Å². The first-order valence-corrected chi connectivity index (χ1v) is 6.13. The molecule has 1 aromatic carbocycles. The Balaban J connectivity index is 1.94. The van der Waals surface area contributed by atoms with Gasteiger partial charge >= 0.3 is 6.61 Å². The van der Waals surface area contributed by atoms with E-state index in [0.29, 0.717) is 5.92 Å². The summed E-state index contributed by atoms with van der Waals surface area (Å²) in [5.74, 6) is 0.867. The van der Waals surface area contributed by atoms with Crippen LogP contribution >= 0.6 is 0 Å². The summed E-state index contributed by atoms with van der Waals surface area (Å²) in [4.78, 5) is 2.27. The maximum atomic E-state index is 12.0. The molecule has 1 N–H and O–H groups in total. The molecule has 1 aliphatic rings. The molecule has 0 aliphatic carbocycles. The van der Waals surface area contributed by atoms with Crippen molar-refractivity contribution in [1.29, 1.82) is 0 Å². The van der Waals surface area contributed by atoms with Gasteiger partial charge in [0.2, 0.25) is 0 Å². The Morgan fingerprint density at radius 3 is 2.72 bits per heavy atom. The molecule has 0 saturated carbocycles. The molecular weight excluding hydrogens is 238 g/mol. The van der Waals surface area contributed by atoms with E-state index in [1.54, 1.807) is 12.1 Å². The summed E-state index contributed by atoms with van der Waals surface area (Å²) in [6.07, 6.45) is 1.16. The summed E-state index contributed by atoms with van der Waals surface area (Å²) in [5, 5.41) is 3.18. The molecule has 0 amide bonds. The van der Waals surface area contributed by atoms with Crippen LogP contribution in [0.15, 0.2) is 24.3 Å². The van der Waals surface area contributed by atoms with E-state index >= 15 is 0 Å². The van der Waals surface area contributed by atoms with Crippen molar-refractivity contribution in [2.45, 2.75) is 13.0 Å². The highest BCUT2D eigenvalue weighted by Gasteiger charge is 2.21. The number of ether oxygens (including phenoxy) is 1. The molecule has 18 heavy (non-hydrogen) atoms. The van der Waals surface area contributed by atoms with Gasteiger partial charge in [0.1, 0.15) is 5.75 Å². The van der Waals surface area contributed by atoms with Crippen molar-refractivity contribution in [3.05, 3.63) is 24.3 Å². The molecule has 0 spiro atoms. The number of hydrogen-bond donors (Lipinski definition) is 1. The highest BCUT2D eigenvalue weighted by molar-refractivity contribution is 5.49. The highest BCUT2D eigenvalue weighted by atomic mass is 19.3. The van der Waals surface area contributed by atoms with Crippen LogP contribution in [0.2, 0.25) is 0 Å². The Kier molecular flexibility index (Phi) is 4.36. The van der Waals surface area contributed by atoms with Crippen molar-refractivity contribution in [2.75, 3.05) is 31.6 Å². The van der Waals surface area contributed by atoms with Crippen molar-refractivity contribution in [2.24, 2.45) is 5.92 Å². The average molecular weight is 256 g/mol. The van der Waals surface area contributed by atoms with Crippen molar-refractivity contribution in [1.82, 2.24) is 5.32 Å². The summed E-state index contributed by atoms with van der Waals surface area (Å²) in [5.41, 5.74) is 1.07. The first kappa shape index (κ1) is 13.1. The van der Waals surface area contributed by atoms with Crippen LogP contribution in [0.5, 0.6) is 5.75 Å². The number of nitrogens with zero attached hydrogens (tertiary/aromatic N) is 1. The second-order valence-electron chi connectivity index (χ2n) is 4.53. The number of benzene rings is 1. The van der Waals surface area contributed by atoms with Crippen molar-refractivity contribution < 1.29 is 13.5 Å². The van der Waals surface area contributed by atoms with Crippen molar-refractivity contribution in [3.8, 4) is 5.75 Å². The average Bonchev–Trinajstić information content (AvgIpc) is 2.78. The molecule has 100 valence electrons. The normalized spacial score (nSPS) is 19.6. The van der Waals surface area contributed by atoms with Crippen LogP contribution in [-0.4, -0.2) is 33.3 Å². The maximum Gasteiger partial charge on any atom is 0.387 e. The lowest BCUT2D eigenvalue weighted by molar-refractivity contribution is -0.0498. The van der Waals surface area contributed by atoms with Gasteiger partial charge in [-0.2, -0.15) is 8.78 Å². The van der Waals surface area contributed by atoms with Gasteiger partial charge in [0.25, 0.3) is 0 Å². The number of nitrogens with one attached hydrogen (secondary N) is 1. The SMILES string of the molecule is CNCC1CCN(c2ccc(OC(F)F)cc2)C1. The van der Waals surface area contributed by atoms with E-state index in [1.807, 2.05) is 19.2 Å². The molecular formula is C13H18F2N2O. The zero-order valence-electron chi connectivity index (χ0n) is 10.4. The van der Waals surface area contributed by atoms with E-state index in [1.165, 1.54) is 0 Å².